The second-order valence-corrected chi connectivity index (χ2v) is 6.94. The quantitative estimate of drug-likeness (QED) is 0.920. The van der Waals surface area contributed by atoms with Gasteiger partial charge in [-0.25, -0.2) is 13.1 Å². The van der Waals surface area contributed by atoms with Gasteiger partial charge in [-0.3, -0.25) is 0 Å². The van der Waals surface area contributed by atoms with Crippen molar-refractivity contribution in [1.82, 2.24) is 4.72 Å². The zero-order valence-corrected chi connectivity index (χ0v) is 13.0. The van der Waals surface area contributed by atoms with Gasteiger partial charge in [0.15, 0.2) is 0 Å². The van der Waals surface area contributed by atoms with E-state index in [0.29, 0.717) is 10.0 Å². The van der Waals surface area contributed by atoms with Gasteiger partial charge in [0.1, 0.15) is 0 Å². The lowest BCUT2D eigenvalue weighted by Crippen LogP contribution is -2.26. The Bertz CT molecular complexity index is 699. The minimum absolute atomic E-state index is 0.177. The lowest BCUT2D eigenvalue weighted by Gasteiger charge is -2.15. The molecular weight excluding hydrogens is 317 g/mol. The Morgan fingerprint density at radius 3 is 2.25 bits per heavy atom. The molecule has 2 aromatic rings. The van der Waals surface area contributed by atoms with E-state index in [4.69, 9.17) is 23.2 Å². The fourth-order valence-electron chi connectivity index (χ4n) is 1.76. The number of benzene rings is 2. The third-order valence-corrected chi connectivity index (χ3v) is 4.85. The van der Waals surface area contributed by atoms with Crippen LogP contribution in [0.25, 0.3) is 0 Å². The number of nitrogens with one attached hydrogen (secondary N) is 1. The number of sulfonamides is 1. The Morgan fingerprint density at radius 1 is 1.00 bits per heavy atom. The third-order valence-electron chi connectivity index (χ3n) is 2.80. The first-order valence-corrected chi connectivity index (χ1v) is 8.16. The van der Waals surface area contributed by atoms with Crippen LogP contribution in [0.2, 0.25) is 10.0 Å². The Balaban J connectivity index is 2.22. The van der Waals surface area contributed by atoms with Crippen LogP contribution in [0.15, 0.2) is 53.4 Å². The second kappa shape index (κ2) is 6.14. The SMILES string of the molecule is C[C@H](NS(=O)(=O)c1ccc(Cl)cc1)c1cccc(Cl)c1. The standard InChI is InChI=1S/C14H13Cl2NO2S/c1-10(11-3-2-4-13(16)9-11)17-20(18,19)14-7-5-12(15)6-8-14/h2-10,17H,1H3/t10-/m0/s1. The van der Waals surface area contributed by atoms with E-state index in [2.05, 4.69) is 4.72 Å². The zero-order valence-electron chi connectivity index (χ0n) is 10.7. The largest absolute Gasteiger partial charge is 0.241 e. The Hall–Kier alpha value is -1.07. The number of hydrogen-bond acceptors (Lipinski definition) is 2. The lowest BCUT2D eigenvalue weighted by molar-refractivity contribution is 0.567. The van der Waals surface area contributed by atoms with Crippen molar-refractivity contribution >= 4 is 33.2 Å². The minimum Gasteiger partial charge on any atom is -0.207 e. The predicted molar refractivity (Wildman–Crippen MR) is 81.6 cm³/mol. The first-order valence-electron chi connectivity index (χ1n) is 5.92. The molecule has 0 aromatic heterocycles. The molecule has 1 N–H and O–H groups in total. The highest BCUT2D eigenvalue weighted by molar-refractivity contribution is 7.89. The molecule has 0 aliphatic rings. The van der Waals surface area contributed by atoms with Crippen LogP contribution in [-0.2, 0) is 10.0 Å². The van der Waals surface area contributed by atoms with Gasteiger partial charge in [0.25, 0.3) is 0 Å². The monoisotopic (exact) mass is 329 g/mol. The van der Waals surface area contributed by atoms with E-state index in [9.17, 15) is 8.42 Å². The molecule has 0 spiro atoms. The Morgan fingerprint density at radius 2 is 1.65 bits per heavy atom. The van der Waals surface area contributed by atoms with E-state index in [-0.39, 0.29) is 10.9 Å². The first kappa shape index (κ1) is 15.3. The number of halogens is 2. The summed E-state index contributed by atoms with van der Waals surface area (Å²) in [5.41, 5.74) is 0.801. The molecule has 20 heavy (non-hydrogen) atoms. The van der Waals surface area contributed by atoms with Gasteiger partial charge in [-0.15, -0.1) is 0 Å². The van der Waals surface area contributed by atoms with Gasteiger partial charge in [-0.05, 0) is 48.9 Å². The molecule has 0 unspecified atom stereocenters. The van der Waals surface area contributed by atoms with E-state index in [1.54, 1.807) is 37.3 Å². The predicted octanol–water partition coefficient (Wildman–Crippen LogP) is 4.03. The summed E-state index contributed by atoms with van der Waals surface area (Å²) < 4.78 is 27.1. The van der Waals surface area contributed by atoms with Crippen LogP contribution in [0.3, 0.4) is 0 Å². The summed E-state index contributed by atoms with van der Waals surface area (Å²) in [5.74, 6) is 0. The van der Waals surface area contributed by atoms with Crippen LogP contribution < -0.4 is 4.72 Å². The van der Waals surface area contributed by atoms with E-state index in [1.807, 2.05) is 6.07 Å². The topological polar surface area (TPSA) is 46.2 Å². The second-order valence-electron chi connectivity index (χ2n) is 4.35. The highest BCUT2D eigenvalue weighted by Gasteiger charge is 2.18. The average Bonchev–Trinajstić information content (AvgIpc) is 2.38. The molecule has 0 fully saturated rings. The van der Waals surface area contributed by atoms with Gasteiger partial charge < -0.3 is 0 Å². The summed E-state index contributed by atoms with van der Waals surface area (Å²) in [4.78, 5) is 0.177. The molecule has 0 heterocycles. The molecule has 0 saturated heterocycles. The van der Waals surface area contributed by atoms with Gasteiger partial charge in [-0.2, -0.15) is 0 Å². The van der Waals surface area contributed by atoms with E-state index >= 15 is 0 Å². The molecule has 106 valence electrons. The summed E-state index contributed by atoms with van der Waals surface area (Å²) >= 11 is 11.7. The fourth-order valence-corrected chi connectivity index (χ4v) is 3.32. The Labute approximate surface area is 128 Å². The van der Waals surface area contributed by atoms with Gasteiger partial charge in [0, 0.05) is 16.1 Å². The zero-order chi connectivity index (χ0) is 14.8. The Kier molecular flexibility index (Phi) is 4.70. The third kappa shape index (κ3) is 3.73. The van der Waals surface area contributed by atoms with Crippen molar-refractivity contribution in [2.45, 2.75) is 17.9 Å². The maximum atomic E-state index is 12.2. The molecule has 3 nitrogen and oxygen atoms in total. The first-order chi connectivity index (χ1) is 9.38. The van der Waals surface area contributed by atoms with Gasteiger partial charge in [-0.1, -0.05) is 35.3 Å². The number of rotatable bonds is 4. The highest BCUT2D eigenvalue weighted by atomic mass is 35.5. The maximum Gasteiger partial charge on any atom is 0.241 e. The fraction of sp³-hybridized carbons (Fsp3) is 0.143. The maximum absolute atomic E-state index is 12.2. The van der Waals surface area contributed by atoms with Crippen molar-refractivity contribution in [2.75, 3.05) is 0 Å². The lowest BCUT2D eigenvalue weighted by atomic mass is 10.1. The number of hydrogen-bond donors (Lipinski definition) is 1. The van der Waals surface area contributed by atoms with Gasteiger partial charge >= 0.3 is 0 Å². The van der Waals surface area contributed by atoms with Crippen LogP contribution in [-0.4, -0.2) is 8.42 Å². The van der Waals surface area contributed by atoms with Crippen molar-refractivity contribution < 1.29 is 8.42 Å². The molecule has 6 heteroatoms. The van der Waals surface area contributed by atoms with E-state index < -0.39 is 10.0 Å². The molecular formula is C14H13Cl2NO2S. The molecule has 0 aliphatic carbocycles. The van der Waals surface area contributed by atoms with Crippen LogP contribution >= 0.6 is 23.2 Å². The van der Waals surface area contributed by atoms with Crippen molar-refractivity contribution in [3.63, 3.8) is 0 Å². The van der Waals surface area contributed by atoms with Crippen LogP contribution in [0.1, 0.15) is 18.5 Å². The molecule has 0 aliphatic heterocycles. The molecule has 2 rings (SSSR count). The van der Waals surface area contributed by atoms with E-state index in [1.165, 1.54) is 12.1 Å². The molecule has 0 saturated carbocycles. The van der Waals surface area contributed by atoms with Crippen LogP contribution in [0.4, 0.5) is 0 Å². The van der Waals surface area contributed by atoms with Crippen molar-refractivity contribution in [3.05, 3.63) is 64.1 Å². The van der Waals surface area contributed by atoms with E-state index in [0.717, 1.165) is 5.56 Å². The summed E-state index contributed by atoms with van der Waals surface area (Å²) in [6, 6.07) is 12.7. The van der Waals surface area contributed by atoms with Gasteiger partial charge in [0.2, 0.25) is 10.0 Å². The van der Waals surface area contributed by atoms with Gasteiger partial charge in [0.05, 0.1) is 4.90 Å². The summed E-state index contributed by atoms with van der Waals surface area (Å²) in [6.45, 7) is 1.76. The highest BCUT2D eigenvalue weighted by Crippen LogP contribution is 2.20. The van der Waals surface area contributed by atoms with Crippen molar-refractivity contribution in [2.24, 2.45) is 0 Å². The molecule has 1 atom stereocenters. The molecule has 0 bridgehead atoms. The van der Waals surface area contributed by atoms with Crippen molar-refractivity contribution in [3.8, 4) is 0 Å². The van der Waals surface area contributed by atoms with Crippen molar-refractivity contribution in [1.29, 1.82) is 0 Å². The summed E-state index contributed by atoms with van der Waals surface area (Å²) in [5, 5.41) is 1.06. The average molecular weight is 330 g/mol. The van der Waals surface area contributed by atoms with Crippen LogP contribution in [0.5, 0.6) is 0 Å². The molecule has 0 amide bonds. The molecule has 0 radical (unpaired) electrons. The summed E-state index contributed by atoms with van der Waals surface area (Å²) in [6.07, 6.45) is 0. The molecule has 2 aromatic carbocycles. The van der Waals surface area contributed by atoms with Crippen LogP contribution in [0, 0.1) is 0 Å². The smallest absolute Gasteiger partial charge is 0.207 e. The normalized spacial score (nSPS) is 13.2. The summed E-state index contributed by atoms with van der Waals surface area (Å²) in [7, 11) is -3.59. The minimum atomic E-state index is -3.59.